The molecule has 6 nitrogen and oxygen atoms in total. The summed E-state index contributed by atoms with van der Waals surface area (Å²) < 4.78 is 28.5. The number of nitrogens with zero attached hydrogens (tertiary/aromatic N) is 2. The van der Waals surface area contributed by atoms with Crippen LogP contribution in [0, 0.1) is 5.92 Å². The number of likely N-dealkylation sites (N-methyl/N-ethyl adjacent to an activating group) is 1. The van der Waals surface area contributed by atoms with Crippen molar-refractivity contribution in [2.24, 2.45) is 11.7 Å². The van der Waals surface area contributed by atoms with Gasteiger partial charge in [-0.05, 0) is 46.2 Å². The molecule has 0 aromatic carbocycles. The first-order valence-corrected chi connectivity index (χ1v) is 8.46. The van der Waals surface area contributed by atoms with Crippen molar-refractivity contribution >= 4 is 10.2 Å². The highest BCUT2D eigenvalue weighted by molar-refractivity contribution is 7.87. The van der Waals surface area contributed by atoms with E-state index in [-0.39, 0.29) is 0 Å². The second-order valence-electron chi connectivity index (χ2n) is 5.58. The minimum atomic E-state index is -3.35. The zero-order chi connectivity index (χ0) is 14.5. The SMILES string of the molecule is CC(C)N(C)CCNS(=O)(=O)N1CCCC(CN)C1. The molecule has 1 rings (SSSR count). The zero-order valence-electron chi connectivity index (χ0n) is 12.3. The maximum atomic E-state index is 12.2. The monoisotopic (exact) mass is 292 g/mol. The summed E-state index contributed by atoms with van der Waals surface area (Å²) in [6.07, 6.45) is 1.92. The summed E-state index contributed by atoms with van der Waals surface area (Å²) in [4.78, 5) is 2.11. The Morgan fingerprint density at radius 2 is 2.16 bits per heavy atom. The van der Waals surface area contributed by atoms with Crippen molar-refractivity contribution in [1.29, 1.82) is 0 Å². The lowest BCUT2D eigenvalue weighted by atomic mass is 10.0. The molecular formula is C12H28N4O2S. The fourth-order valence-corrected chi connectivity index (χ4v) is 3.45. The molecule has 114 valence electrons. The van der Waals surface area contributed by atoms with Crippen molar-refractivity contribution in [3.63, 3.8) is 0 Å². The van der Waals surface area contributed by atoms with E-state index in [1.54, 1.807) is 0 Å². The van der Waals surface area contributed by atoms with E-state index in [9.17, 15) is 8.42 Å². The molecule has 0 aromatic rings. The fourth-order valence-electron chi connectivity index (χ4n) is 2.14. The van der Waals surface area contributed by atoms with Crippen LogP contribution in [0.15, 0.2) is 0 Å². The average Bonchev–Trinajstić information content (AvgIpc) is 2.38. The maximum Gasteiger partial charge on any atom is 0.279 e. The highest BCUT2D eigenvalue weighted by Gasteiger charge is 2.27. The summed E-state index contributed by atoms with van der Waals surface area (Å²) in [5.74, 6) is 0.295. The van der Waals surface area contributed by atoms with E-state index >= 15 is 0 Å². The van der Waals surface area contributed by atoms with Gasteiger partial charge in [-0.2, -0.15) is 12.7 Å². The molecular weight excluding hydrogens is 264 g/mol. The second-order valence-corrected chi connectivity index (χ2v) is 7.33. The van der Waals surface area contributed by atoms with Crippen molar-refractivity contribution in [3.05, 3.63) is 0 Å². The molecule has 0 amide bonds. The van der Waals surface area contributed by atoms with Gasteiger partial charge in [-0.3, -0.25) is 0 Å². The Bertz CT molecular complexity index is 359. The van der Waals surface area contributed by atoms with Gasteiger partial charge >= 0.3 is 0 Å². The summed E-state index contributed by atoms with van der Waals surface area (Å²) >= 11 is 0. The van der Waals surface area contributed by atoms with Crippen LogP contribution in [0.25, 0.3) is 0 Å². The smallest absolute Gasteiger partial charge is 0.279 e. The summed E-state index contributed by atoms with van der Waals surface area (Å²) in [6, 6.07) is 0.418. The highest BCUT2D eigenvalue weighted by Crippen LogP contribution is 2.17. The first-order chi connectivity index (χ1) is 8.86. The van der Waals surface area contributed by atoms with Crippen LogP contribution in [-0.2, 0) is 10.2 Å². The molecule has 0 saturated carbocycles. The molecule has 1 fully saturated rings. The molecule has 3 N–H and O–H groups in total. The molecule has 1 atom stereocenters. The van der Waals surface area contributed by atoms with Gasteiger partial charge in [0.05, 0.1) is 0 Å². The van der Waals surface area contributed by atoms with Gasteiger partial charge in [0.25, 0.3) is 10.2 Å². The Hall–Kier alpha value is -0.210. The molecule has 0 bridgehead atoms. The van der Waals surface area contributed by atoms with Crippen molar-refractivity contribution < 1.29 is 8.42 Å². The van der Waals surface area contributed by atoms with Crippen LogP contribution in [0.5, 0.6) is 0 Å². The van der Waals surface area contributed by atoms with E-state index in [1.165, 1.54) is 4.31 Å². The largest absolute Gasteiger partial charge is 0.330 e. The third-order valence-electron chi connectivity index (χ3n) is 3.79. The van der Waals surface area contributed by atoms with Crippen molar-refractivity contribution in [2.45, 2.75) is 32.7 Å². The number of nitrogens with one attached hydrogen (secondary N) is 1. The van der Waals surface area contributed by atoms with E-state index in [2.05, 4.69) is 23.5 Å². The normalized spacial score (nSPS) is 22.3. The van der Waals surface area contributed by atoms with Crippen LogP contribution in [0.1, 0.15) is 26.7 Å². The summed E-state index contributed by atoms with van der Waals surface area (Å²) in [5, 5.41) is 0. The number of piperidine rings is 1. The lowest BCUT2D eigenvalue weighted by Crippen LogP contribution is -2.48. The Morgan fingerprint density at radius 1 is 1.47 bits per heavy atom. The van der Waals surface area contributed by atoms with Crippen LogP contribution in [0.4, 0.5) is 0 Å². The molecule has 0 aromatic heterocycles. The zero-order valence-corrected chi connectivity index (χ0v) is 13.1. The second kappa shape index (κ2) is 7.54. The van der Waals surface area contributed by atoms with Crippen LogP contribution in [0.2, 0.25) is 0 Å². The average molecular weight is 292 g/mol. The van der Waals surface area contributed by atoms with Gasteiger partial charge < -0.3 is 10.6 Å². The first-order valence-electron chi connectivity index (χ1n) is 7.02. The Morgan fingerprint density at radius 3 is 2.74 bits per heavy atom. The van der Waals surface area contributed by atoms with Crippen LogP contribution in [-0.4, -0.2) is 63.4 Å². The molecule has 0 radical (unpaired) electrons. The van der Waals surface area contributed by atoms with Gasteiger partial charge in [0.2, 0.25) is 0 Å². The van der Waals surface area contributed by atoms with E-state index in [1.807, 2.05) is 7.05 Å². The van der Waals surface area contributed by atoms with Crippen molar-refractivity contribution in [2.75, 3.05) is 39.8 Å². The van der Waals surface area contributed by atoms with Crippen LogP contribution in [0.3, 0.4) is 0 Å². The summed E-state index contributed by atoms with van der Waals surface area (Å²) in [7, 11) is -1.36. The molecule has 1 aliphatic heterocycles. The van der Waals surface area contributed by atoms with E-state index in [4.69, 9.17) is 5.73 Å². The molecule has 1 unspecified atom stereocenters. The van der Waals surface area contributed by atoms with E-state index in [0.29, 0.717) is 44.7 Å². The number of nitrogens with two attached hydrogens (primary N) is 1. The first kappa shape index (κ1) is 16.8. The molecule has 1 aliphatic rings. The third-order valence-corrected chi connectivity index (χ3v) is 5.37. The Labute approximate surface area is 117 Å². The fraction of sp³-hybridized carbons (Fsp3) is 1.00. The number of hydrogen-bond donors (Lipinski definition) is 2. The molecule has 0 aliphatic carbocycles. The van der Waals surface area contributed by atoms with Gasteiger partial charge in [-0.1, -0.05) is 0 Å². The minimum Gasteiger partial charge on any atom is -0.330 e. The molecule has 1 saturated heterocycles. The Balaban J connectivity index is 2.42. The van der Waals surface area contributed by atoms with Gasteiger partial charge in [0.1, 0.15) is 0 Å². The van der Waals surface area contributed by atoms with Crippen LogP contribution >= 0.6 is 0 Å². The quantitative estimate of drug-likeness (QED) is 0.683. The molecule has 7 heteroatoms. The summed E-state index contributed by atoms with van der Waals surface area (Å²) in [6.45, 7) is 7.04. The predicted molar refractivity (Wildman–Crippen MR) is 78.0 cm³/mol. The summed E-state index contributed by atoms with van der Waals surface area (Å²) in [5.41, 5.74) is 5.63. The molecule has 19 heavy (non-hydrogen) atoms. The Kier molecular flexibility index (Phi) is 6.68. The standard InChI is InChI=1S/C12H28N4O2S/c1-11(2)15(3)8-6-14-19(17,18)16-7-4-5-12(9-13)10-16/h11-12,14H,4-10,13H2,1-3H3. The molecule has 1 heterocycles. The van der Waals surface area contributed by atoms with Crippen molar-refractivity contribution in [3.8, 4) is 0 Å². The van der Waals surface area contributed by atoms with Crippen molar-refractivity contribution in [1.82, 2.24) is 13.9 Å². The van der Waals surface area contributed by atoms with E-state index < -0.39 is 10.2 Å². The van der Waals surface area contributed by atoms with Gasteiger partial charge in [0.15, 0.2) is 0 Å². The van der Waals surface area contributed by atoms with Gasteiger partial charge in [0, 0.05) is 32.2 Å². The lowest BCUT2D eigenvalue weighted by molar-refractivity contribution is 0.262. The van der Waals surface area contributed by atoms with Gasteiger partial charge in [-0.15, -0.1) is 0 Å². The van der Waals surface area contributed by atoms with Gasteiger partial charge in [-0.25, -0.2) is 4.72 Å². The number of hydrogen-bond acceptors (Lipinski definition) is 4. The third kappa shape index (κ3) is 5.35. The predicted octanol–water partition coefficient (Wildman–Crippen LogP) is -0.168. The lowest BCUT2D eigenvalue weighted by Gasteiger charge is -2.31. The van der Waals surface area contributed by atoms with Crippen LogP contribution < -0.4 is 10.5 Å². The highest BCUT2D eigenvalue weighted by atomic mass is 32.2. The number of rotatable bonds is 7. The van der Waals surface area contributed by atoms with E-state index in [0.717, 1.165) is 12.8 Å². The topological polar surface area (TPSA) is 78.7 Å². The minimum absolute atomic E-state index is 0.295. The maximum absolute atomic E-state index is 12.2. The molecule has 0 spiro atoms.